The zero-order chi connectivity index (χ0) is 22.1. The van der Waals surface area contributed by atoms with Gasteiger partial charge in [0, 0.05) is 21.0 Å². The van der Waals surface area contributed by atoms with Gasteiger partial charge in [0.25, 0.3) is 5.91 Å². The zero-order valence-corrected chi connectivity index (χ0v) is 20.0. The summed E-state index contributed by atoms with van der Waals surface area (Å²) in [6.07, 6.45) is 4.22. The molecule has 0 saturated carbocycles. The van der Waals surface area contributed by atoms with Crippen molar-refractivity contribution in [3.63, 3.8) is 0 Å². The molecule has 3 heterocycles. The minimum atomic E-state index is -0.477. The van der Waals surface area contributed by atoms with E-state index in [4.69, 9.17) is 19.6 Å². The lowest BCUT2D eigenvalue weighted by Gasteiger charge is -2.34. The Labute approximate surface area is 198 Å². The van der Waals surface area contributed by atoms with Gasteiger partial charge in [-0.15, -0.1) is 5.10 Å². The van der Waals surface area contributed by atoms with E-state index in [0.717, 1.165) is 32.8 Å². The number of hydrazone groups is 1. The molecule has 0 spiro atoms. The van der Waals surface area contributed by atoms with Crippen molar-refractivity contribution in [2.75, 3.05) is 12.5 Å². The molecular weight excluding hydrogens is 492 g/mol. The highest BCUT2D eigenvalue weighted by Gasteiger charge is 2.35. The molecule has 7 nitrogen and oxygen atoms in total. The van der Waals surface area contributed by atoms with E-state index >= 15 is 0 Å². The Morgan fingerprint density at radius 3 is 2.91 bits per heavy atom. The number of amides is 1. The fourth-order valence-corrected chi connectivity index (χ4v) is 5.12. The smallest absolute Gasteiger partial charge is 0.276 e. The first kappa shape index (κ1) is 21.3. The minimum Gasteiger partial charge on any atom is -0.454 e. The Balaban J connectivity index is 1.54. The predicted octanol–water partition coefficient (Wildman–Crippen LogP) is 3.63. The van der Waals surface area contributed by atoms with Crippen LogP contribution in [0.1, 0.15) is 44.3 Å². The van der Waals surface area contributed by atoms with Gasteiger partial charge in [-0.1, -0.05) is 59.9 Å². The van der Waals surface area contributed by atoms with Crippen LogP contribution in [0.2, 0.25) is 0 Å². The van der Waals surface area contributed by atoms with Crippen LogP contribution in [0.25, 0.3) is 5.70 Å². The van der Waals surface area contributed by atoms with E-state index < -0.39 is 6.17 Å². The number of amidine groups is 1. The molecule has 2 aromatic carbocycles. The van der Waals surface area contributed by atoms with Gasteiger partial charge in [0.2, 0.25) is 6.79 Å². The highest BCUT2D eigenvalue weighted by molar-refractivity contribution is 9.10. The van der Waals surface area contributed by atoms with E-state index in [0.29, 0.717) is 22.4 Å². The maximum Gasteiger partial charge on any atom is 0.276 e. The molecule has 1 amide bonds. The van der Waals surface area contributed by atoms with Crippen molar-refractivity contribution in [2.45, 2.75) is 38.8 Å². The van der Waals surface area contributed by atoms with Crippen LogP contribution in [0.5, 0.6) is 11.5 Å². The molecular formula is C23H23BrN4O3S. The van der Waals surface area contributed by atoms with E-state index in [1.54, 1.807) is 16.8 Å². The third-order valence-corrected chi connectivity index (χ3v) is 6.94. The van der Waals surface area contributed by atoms with Crippen molar-refractivity contribution < 1.29 is 14.3 Å². The Morgan fingerprint density at radius 1 is 1.16 bits per heavy atom. The van der Waals surface area contributed by atoms with E-state index in [1.807, 2.05) is 36.4 Å². The van der Waals surface area contributed by atoms with Crippen molar-refractivity contribution in [1.29, 1.82) is 0 Å². The minimum absolute atomic E-state index is 0.170. The number of carbonyl (C=O) groups excluding carboxylic acids is 1. The highest BCUT2D eigenvalue weighted by Crippen LogP contribution is 2.38. The van der Waals surface area contributed by atoms with Crippen LogP contribution >= 0.6 is 27.7 Å². The van der Waals surface area contributed by atoms with Gasteiger partial charge in [-0.25, -0.2) is 5.01 Å². The number of hydrogen-bond donors (Lipinski definition) is 1. The van der Waals surface area contributed by atoms with Gasteiger partial charge < -0.3 is 9.47 Å². The Hall–Kier alpha value is -2.52. The van der Waals surface area contributed by atoms with Gasteiger partial charge in [-0.3, -0.25) is 15.1 Å². The lowest BCUT2D eigenvalue weighted by molar-refractivity contribution is -0.116. The number of fused-ring (bicyclic) bond motifs is 3. The van der Waals surface area contributed by atoms with Crippen LogP contribution in [0.3, 0.4) is 0 Å². The van der Waals surface area contributed by atoms with Gasteiger partial charge in [0.15, 0.2) is 22.8 Å². The molecule has 32 heavy (non-hydrogen) atoms. The number of thioether (sulfide) groups is 1. The van der Waals surface area contributed by atoms with Crippen LogP contribution < -0.4 is 25.4 Å². The molecule has 1 atom stereocenters. The first-order valence-corrected chi connectivity index (χ1v) is 12.5. The third-order valence-electron chi connectivity index (χ3n) is 5.50. The molecule has 3 aliphatic rings. The van der Waals surface area contributed by atoms with Crippen molar-refractivity contribution in [3.05, 3.63) is 57.0 Å². The van der Waals surface area contributed by atoms with Gasteiger partial charge in [-0.05, 0) is 36.8 Å². The normalized spacial score (nSPS) is 18.5. The fraction of sp³-hybridized carbons (Fsp3) is 0.348. The molecule has 0 radical (unpaired) electrons. The Morgan fingerprint density at radius 2 is 2.03 bits per heavy atom. The van der Waals surface area contributed by atoms with Gasteiger partial charge in [0.05, 0.1) is 5.36 Å². The largest absolute Gasteiger partial charge is 0.454 e. The SMILES string of the molecule is CCCCCCSC1=NN2C(=c3cc(Br)ccc3=N[C@@H]2c2ccc3c(c2)OCO3)C(=O)N1. The number of benzene rings is 2. The molecule has 1 N–H and O–H groups in total. The van der Waals surface area contributed by atoms with Gasteiger partial charge >= 0.3 is 0 Å². The summed E-state index contributed by atoms with van der Waals surface area (Å²) in [6, 6.07) is 11.5. The summed E-state index contributed by atoms with van der Waals surface area (Å²) < 4.78 is 11.9. The average Bonchev–Trinajstić information content (AvgIpc) is 3.26. The molecule has 0 unspecified atom stereocenters. The van der Waals surface area contributed by atoms with Crippen molar-refractivity contribution >= 4 is 44.5 Å². The number of rotatable bonds is 6. The maximum absolute atomic E-state index is 13.2. The summed E-state index contributed by atoms with van der Waals surface area (Å²) in [5.41, 5.74) is 1.38. The summed E-state index contributed by atoms with van der Waals surface area (Å²) >= 11 is 5.09. The van der Waals surface area contributed by atoms with Crippen LogP contribution in [-0.2, 0) is 4.79 Å². The van der Waals surface area contributed by atoms with E-state index in [-0.39, 0.29) is 12.7 Å². The van der Waals surface area contributed by atoms with E-state index in [9.17, 15) is 4.79 Å². The molecule has 0 fully saturated rings. The highest BCUT2D eigenvalue weighted by atomic mass is 79.9. The second-order valence-electron chi connectivity index (χ2n) is 7.74. The number of hydrogen-bond acceptors (Lipinski definition) is 7. The number of ether oxygens (including phenoxy) is 2. The van der Waals surface area contributed by atoms with Crippen LogP contribution in [0, 0.1) is 0 Å². The summed E-state index contributed by atoms with van der Waals surface area (Å²) in [4.78, 5) is 18.2. The fourth-order valence-electron chi connectivity index (χ4n) is 3.90. The van der Waals surface area contributed by atoms with Crippen LogP contribution in [-0.4, -0.2) is 28.6 Å². The van der Waals surface area contributed by atoms with E-state index in [2.05, 4.69) is 28.2 Å². The lowest BCUT2D eigenvalue weighted by atomic mass is 10.1. The van der Waals surface area contributed by atoms with Gasteiger partial charge in [-0.2, -0.15) is 0 Å². The Kier molecular flexibility index (Phi) is 6.10. The number of halogens is 1. The molecule has 3 aliphatic heterocycles. The zero-order valence-electron chi connectivity index (χ0n) is 17.6. The average molecular weight is 515 g/mol. The number of nitrogens with one attached hydrogen (secondary N) is 1. The third kappa shape index (κ3) is 4.11. The number of nitrogens with zero attached hydrogens (tertiary/aromatic N) is 3. The Bertz CT molecular complexity index is 1220. The molecule has 0 bridgehead atoms. The molecule has 5 rings (SSSR count). The lowest BCUT2D eigenvalue weighted by Crippen LogP contribution is -2.50. The summed E-state index contributed by atoms with van der Waals surface area (Å²) in [5, 5.41) is 11.6. The molecule has 9 heteroatoms. The van der Waals surface area contributed by atoms with Crippen LogP contribution in [0.4, 0.5) is 0 Å². The summed E-state index contributed by atoms with van der Waals surface area (Å²) in [6.45, 7) is 2.40. The summed E-state index contributed by atoms with van der Waals surface area (Å²) in [5.74, 6) is 2.13. The second-order valence-corrected chi connectivity index (χ2v) is 9.74. The van der Waals surface area contributed by atoms with Crippen LogP contribution in [0.15, 0.2) is 51.0 Å². The van der Waals surface area contributed by atoms with Gasteiger partial charge in [0.1, 0.15) is 5.70 Å². The quantitative estimate of drug-likeness (QED) is 0.595. The predicted molar refractivity (Wildman–Crippen MR) is 128 cm³/mol. The maximum atomic E-state index is 13.2. The molecule has 166 valence electrons. The number of carbonyl (C=O) groups is 1. The molecule has 0 aromatic heterocycles. The second kappa shape index (κ2) is 9.15. The van der Waals surface area contributed by atoms with Crippen molar-refractivity contribution in [2.24, 2.45) is 10.1 Å². The number of unbranched alkanes of at least 4 members (excludes halogenated alkanes) is 3. The standard InChI is InChI=1S/C23H23BrN4O3S/c1-2-3-4-5-10-32-23-26-22(29)20-16-12-15(24)7-8-17(16)25-21(28(20)27-23)14-6-9-18-19(11-14)31-13-30-18/h6-9,11-12,21H,2-5,10,13H2,1H3,(H,26,27,29)/t21-/m0/s1. The van der Waals surface area contributed by atoms with E-state index in [1.165, 1.54) is 19.3 Å². The first-order chi connectivity index (χ1) is 15.6. The molecule has 0 saturated heterocycles. The molecule has 2 aromatic rings. The summed E-state index contributed by atoms with van der Waals surface area (Å²) in [7, 11) is 0. The van der Waals surface area contributed by atoms with Crippen molar-refractivity contribution in [3.8, 4) is 11.5 Å². The monoisotopic (exact) mass is 514 g/mol. The molecule has 0 aliphatic carbocycles. The van der Waals surface area contributed by atoms with Crippen molar-refractivity contribution in [1.82, 2.24) is 10.3 Å². The topological polar surface area (TPSA) is 75.5 Å². The first-order valence-electron chi connectivity index (χ1n) is 10.7.